The molecule has 0 atom stereocenters. The summed E-state index contributed by atoms with van der Waals surface area (Å²) in [4.78, 5) is 21.9. The number of para-hydroxylation sites is 1. The van der Waals surface area contributed by atoms with Gasteiger partial charge in [-0.3, -0.25) is 9.78 Å². The Morgan fingerprint density at radius 1 is 1.08 bits per heavy atom. The van der Waals surface area contributed by atoms with E-state index in [1.807, 2.05) is 67.2 Å². The van der Waals surface area contributed by atoms with Gasteiger partial charge in [-0.1, -0.05) is 18.2 Å². The average Bonchev–Trinajstić information content (AvgIpc) is 3.09. The molecule has 0 saturated heterocycles. The number of pyridine rings is 2. The molecule has 0 bridgehead atoms. The van der Waals surface area contributed by atoms with Gasteiger partial charge in [0, 0.05) is 31.4 Å². The SMILES string of the molecule is CCn1nc(-c2ccccn2)nc1-c1cn(C)c2ccccc2c1=O. The second-order valence-electron chi connectivity index (χ2n) is 5.79. The van der Waals surface area contributed by atoms with Crippen molar-refractivity contribution in [2.75, 3.05) is 0 Å². The molecule has 3 heterocycles. The lowest BCUT2D eigenvalue weighted by molar-refractivity contribution is 0.666. The molecular weight excluding hydrogens is 314 g/mol. The fourth-order valence-electron chi connectivity index (χ4n) is 2.96. The Bertz CT molecular complexity index is 1110. The highest BCUT2D eigenvalue weighted by Gasteiger charge is 2.17. The predicted octanol–water partition coefficient (Wildman–Crippen LogP) is 2.88. The molecule has 0 amide bonds. The average molecular weight is 331 g/mol. The zero-order valence-electron chi connectivity index (χ0n) is 14.0. The summed E-state index contributed by atoms with van der Waals surface area (Å²) in [5.74, 6) is 1.09. The number of hydrogen-bond donors (Lipinski definition) is 0. The Labute approximate surface area is 144 Å². The summed E-state index contributed by atoms with van der Waals surface area (Å²) in [6, 6.07) is 13.2. The second kappa shape index (κ2) is 5.98. The number of nitrogens with zero attached hydrogens (tertiary/aromatic N) is 5. The Balaban J connectivity index is 1.96. The van der Waals surface area contributed by atoms with Gasteiger partial charge in [-0.05, 0) is 31.2 Å². The first-order valence-corrected chi connectivity index (χ1v) is 8.14. The minimum atomic E-state index is -0.0385. The molecule has 0 radical (unpaired) electrons. The molecule has 6 nitrogen and oxygen atoms in total. The summed E-state index contributed by atoms with van der Waals surface area (Å²) in [6.45, 7) is 2.59. The highest BCUT2D eigenvalue weighted by Crippen LogP contribution is 2.21. The summed E-state index contributed by atoms with van der Waals surface area (Å²) in [6.07, 6.45) is 3.53. The normalized spacial score (nSPS) is 11.1. The molecule has 0 aliphatic carbocycles. The first kappa shape index (κ1) is 15.3. The van der Waals surface area contributed by atoms with E-state index in [2.05, 4.69) is 15.1 Å². The lowest BCUT2D eigenvalue weighted by Gasteiger charge is -2.08. The van der Waals surface area contributed by atoms with Crippen LogP contribution >= 0.6 is 0 Å². The number of fused-ring (bicyclic) bond motifs is 1. The van der Waals surface area contributed by atoms with E-state index in [0.29, 0.717) is 34.8 Å². The van der Waals surface area contributed by atoms with Crippen molar-refractivity contribution in [3.63, 3.8) is 0 Å². The van der Waals surface area contributed by atoms with Crippen molar-refractivity contribution >= 4 is 10.9 Å². The topological polar surface area (TPSA) is 65.6 Å². The number of rotatable bonds is 3. The first-order valence-electron chi connectivity index (χ1n) is 8.14. The van der Waals surface area contributed by atoms with E-state index in [9.17, 15) is 4.79 Å². The fraction of sp³-hybridized carbons (Fsp3) is 0.158. The number of aryl methyl sites for hydroxylation is 2. The van der Waals surface area contributed by atoms with Crippen LogP contribution in [0.2, 0.25) is 0 Å². The number of benzene rings is 1. The molecule has 0 N–H and O–H groups in total. The summed E-state index contributed by atoms with van der Waals surface area (Å²) < 4.78 is 3.69. The standard InChI is InChI=1S/C19H17N5O/c1-3-24-19(21-18(22-24)15-9-6-7-11-20-15)14-12-23(2)16-10-5-4-8-13(16)17(14)25/h4-12H,3H2,1-2H3. The summed E-state index contributed by atoms with van der Waals surface area (Å²) in [5, 5.41) is 5.19. The van der Waals surface area contributed by atoms with Gasteiger partial charge in [0.15, 0.2) is 17.1 Å². The molecule has 0 aliphatic heterocycles. The van der Waals surface area contributed by atoms with Gasteiger partial charge >= 0.3 is 0 Å². The number of hydrogen-bond acceptors (Lipinski definition) is 4. The maximum absolute atomic E-state index is 13.0. The molecule has 3 aromatic heterocycles. The second-order valence-corrected chi connectivity index (χ2v) is 5.79. The van der Waals surface area contributed by atoms with Crippen LogP contribution in [0.25, 0.3) is 33.8 Å². The Morgan fingerprint density at radius 2 is 1.88 bits per heavy atom. The summed E-state index contributed by atoms with van der Waals surface area (Å²) in [7, 11) is 1.93. The summed E-state index contributed by atoms with van der Waals surface area (Å²) >= 11 is 0. The Hall–Kier alpha value is -3.28. The fourth-order valence-corrected chi connectivity index (χ4v) is 2.96. The van der Waals surface area contributed by atoms with E-state index in [0.717, 1.165) is 5.52 Å². The van der Waals surface area contributed by atoms with Crippen molar-refractivity contribution in [1.82, 2.24) is 24.3 Å². The van der Waals surface area contributed by atoms with Crippen LogP contribution in [0.15, 0.2) is 59.7 Å². The highest BCUT2D eigenvalue weighted by atomic mass is 16.1. The molecular formula is C19H17N5O. The van der Waals surface area contributed by atoms with Gasteiger partial charge in [0.25, 0.3) is 0 Å². The molecule has 124 valence electrons. The molecule has 4 aromatic rings. The van der Waals surface area contributed by atoms with Gasteiger partial charge in [0.05, 0.1) is 11.1 Å². The Morgan fingerprint density at radius 3 is 2.64 bits per heavy atom. The smallest absolute Gasteiger partial charge is 0.200 e. The number of aromatic nitrogens is 5. The van der Waals surface area contributed by atoms with Crippen LogP contribution in [0.5, 0.6) is 0 Å². The maximum atomic E-state index is 13.0. The van der Waals surface area contributed by atoms with E-state index in [1.54, 1.807) is 10.9 Å². The monoisotopic (exact) mass is 331 g/mol. The lowest BCUT2D eigenvalue weighted by atomic mass is 10.1. The van der Waals surface area contributed by atoms with Crippen LogP contribution in [0.4, 0.5) is 0 Å². The van der Waals surface area contributed by atoms with Crippen LogP contribution in [-0.2, 0) is 13.6 Å². The van der Waals surface area contributed by atoms with Gasteiger partial charge in [0.2, 0.25) is 0 Å². The quantitative estimate of drug-likeness (QED) is 0.579. The van der Waals surface area contributed by atoms with Crippen molar-refractivity contribution in [2.45, 2.75) is 13.5 Å². The molecule has 0 spiro atoms. The largest absolute Gasteiger partial charge is 0.350 e. The zero-order valence-corrected chi connectivity index (χ0v) is 14.0. The van der Waals surface area contributed by atoms with E-state index in [4.69, 9.17) is 0 Å². The van der Waals surface area contributed by atoms with Gasteiger partial charge in [0.1, 0.15) is 5.69 Å². The van der Waals surface area contributed by atoms with Crippen molar-refractivity contribution in [2.24, 2.45) is 7.05 Å². The van der Waals surface area contributed by atoms with Crippen LogP contribution < -0.4 is 5.43 Å². The summed E-state index contributed by atoms with van der Waals surface area (Å²) in [5.41, 5.74) is 2.08. The van der Waals surface area contributed by atoms with E-state index in [1.165, 1.54) is 0 Å². The highest BCUT2D eigenvalue weighted by molar-refractivity contribution is 5.83. The zero-order chi connectivity index (χ0) is 17.4. The van der Waals surface area contributed by atoms with Gasteiger partial charge < -0.3 is 4.57 Å². The van der Waals surface area contributed by atoms with Crippen molar-refractivity contribution in [3.05, 3.63) is 65.1 Å². The van der Waals surface area contributed by atoms with Gasteiger partial charge in [-0.2, -0.15) is 0 Å². The molecule has 0 unspecified atom stereocenters. The van der Waals surface area contributed by atoms with Crippen LogP contribution in [0.1, 0.15) is 6.92 Å². The van der Waals surface area contributed by atoms with Crippen molar-refractivity contribution < 1.29 is 0 Å². The Kier molecular flexibility index (Phi) is 3.65. The predicted molar refractivity (Wildman–Crippen MR) is 97.1 cm³/mol. The molecule has 1 aromatic carbocycles. The minimum absolute atomic E-state index is 0.0385. The van der Waals surface area contributed by atoms with Gasteiger partial charge in [-0.25, -0.2) is 9.67 Å². The third kappa shape index (κ3) is 2.52. The molecule has 0 fully saturated rings. The van der Waals surface area contributed by atoms with Crippen LogP contribution in [-0.4, -0.2) is 24.3 Å². The van der Waals surface area contributed by atoms with E-state index in [-0.39, 0.29) is 5.43 Å². The van der Waals surface area contributed by atoms with Crippen molar-refractivity contribution in [3.8, 4) is 22.9 Å². The van der Waals surface area contributed by atoms with Crippen molar-refractivity contribution in [1.29, 1.82) is 0 Å². The lowest BCUT2D eigenvalue weighted by Crippen LogP contribution is -2.13. The van der Waals surface area contributed by atoms with E-state index < -0.39 is 0 Å². The first-order chi connectivity index (χ1) is 12.2. The van der Waals surface area contributed by atoms with Crippen LogP contribution in [0.3, 0.4) is 0 Å². The minimum Gasteiger partial charge on any atom is -0.350 e. The van der Waals surface area contributed by atoms with Crippen LogP contribution in [0, 0.1) is 0 Å². The third-order valence-corrected chi connectivity index (χ3v) is 4.20. The molecule has 0 saturated carbocycles. The molecule has 4 rings (SSSR count). The third-order valence-electron chi connectivity index (χ3n) is 4.20. The molecule has 25 heavy (non-hydrogen) atoms. The van der Waals surface area contributed by atoms with E-state index >= 15 is 0 Å². The molecule has 0 aliphatic rings. The van der Waals surface area contributed by atoms with Gasteiger partial charge in [-0.15, -0.1) is 5.10 Å². The molecule has 6 heteroatoms. The maximum Gasteiger partial charge on any atom is 0.200 e.